The van der Waals surface area contributed by atoms with Gasteiger partial charge in [0.2, 0.25) is 0 Å². The Hall–Kier alpha value is -2.32. The minimum absolute atomic E-state index is 0.0269. The topological polar surface area (TPSA) is 67.2 Å². The van der Waals surface area contributed by atoms with Gasteiger partial charge in [0.15, 0.2) is 0 Å². The predicted octanol–water partition coefficient (Wildman–Crippen LogP) is 3.76. The largest absolute Gasteiger partial charge is 0.379 e. The summed E-state index contributed by atoms with van der Waals surface area (Å²) in [5.41, 5.74) is 2.36. The molecule has 2 aromatic rings. The first-order valence-corrected chi connectivity index (χ1v) is 8.29. The molecule has 22 heavy (non-hydrogen) atoms. The Labute approximate surface area is 131 Å². The summed E-state index contributed by atoms with van der Waals surface area (Å²) in [5, 5.41) is 8.75. The Morgan fingerprint density at radius 3 is 2.27 bits per heavy atom. The van der Waals surface area contributed by atoms with E-state index in [-0.39, 0.29) is 10.8 Å². The van der Waals surface area contributed by atoms with Crippen molar-refractivity contribution in [2.75, 3.05) is 0 Å². The van der Waals surface area contributed by atoms with Crippen LogP contribution in [-0.4, -0.2) is 8.42 Å². The zero-order valence-electron chi connectivity index (χ0n) is 12.7. The molecular formula is C17H17NO3S. The second kappa shape index (κ2) is 6.20. The van der Waals surface area contributed by atoms with Crippen LogP contribution < -0.4 is 4.18 Å². The SMILES string of the molecule is Cc1cc(OS(=O)(=O)c2ccc(C#N)cc2)cc(C(C)C)c1. The molecule has 2 rings (SSSR count). The van der Waals surface area contributed by atoms with E-state index >= 15 is 0 Å². The number of hydrogen-bond donors (Lipinski definition) is 0. The first-order chi connectivity index (χ1) is 10.3. The molecule has 0 saturated heterocycles. The lowest BCUT2D eigenvalue weighted by molar-refractivity contribution is 0.485. The van der Waals surface area contributed by atoms with Gasteiger partial charge in [-0.25, -0.2) is 0 Å². The number of nitriles is 1. The third kappa shape index (κ3) is 3.66. The third-order valence-corrected chi connectivity index (χ3v) is 4.48. The van der Waals surface area contributed by atoms with Gasteiger partial charge in [-0.15, -0.1) is 0 Å². The van der Waals surface area contributed by atoms with Gasteiger partial charge in [-0.2, -0.15) is 13.7 Å². The van der Waals surface area contributed by atoms with E-state index in [1.54, 1.807) is 12.1 Å². The van der Waals surface area contributed by atoms with Gasteiger partial charge in [-0.3, -0.25) is 0 Å². The number of rotatable bonds is 4. The molecule has 0 bridgehead atoms. The highest BCUT2D eigenvalue weighted by atomic mass is 32.2. The maximum absolute atomic E-state index is 12.3. The van der Waals surface area contributed by atoms with Gasteiger partial charge in [0.05, 0.1) is 11.6 Å². The van der Waals surface area contributed by atoms with Crippen LogP contribution in [0.2, 0.25) is 0 Å². The van der Waals surface area contributed by atoms with E-state index in [4.69, 9.17) is 9.44 Å². The van der Waals surface area contributed by atoms with Crippen LogP contribution in [0.15, 0.2) is 47.4 Å². The summed E-state index contributed by atoms with van der Waals surface area (Å²) in [6.45, 7) is 5.97. The highest BCUT2D eigenvalue weighted by Gasteiger charge is 2.17. The van der Waals surface area contributed by atoms with Crippen LogP contribution in [-0.2, 0) is 10.1 Å². The molecule has 0 atom stereocenters. The minimum Gasteiger partial charge on any atom is -0.379 e. The lowest BCUT2D eigenvalue weighted by Crippen LogP contribution is -2.10. The molecule has 0 saturated carbocycles. The molecule has 0 aliphatic rings. The molecule has 114 valence electrons. The van der Waals surface area contributed by atoms with E-state index in [0.717, 1.165) is 11.1 Å². The quantitative estimate of drug-likeness (QED) is 0.806. The first-order valence-electron chi connectivity index (χ1n) is 6.88. The summed E-state index contributed by atoms with van der Waals surface area (Å²) in [6, 6.07) is 13.0. The average Bonchev–Trinajstić information content (AvgIpc) is 2.46. The second-order valence-electron chi connectivity index (χ2n) is 5.41. The molecule has 0 heterocycles. The van der Waals surface area contributed by atoms with E-state index in [9.17, 15) is 8.42 Å². The maximum Gasteiger partial charge on any atom is 0.339 e. The van der Waals surface area contributed by atoms with Gasteiger partial charge in [0.25, 0.3) is 0 Å². The lowest BCUT2D eigenvalue weighted by atomic mass is 10.0. The van der Waals surface area contributed by atoms with Crippen molar-refractivity contribution in [1.29, 1.82) is 5.26 Å². The van der Waals surface area contributed by atoms with Crippen molar-refractivity contribution >= 4 is 10.1 Å². The fourth-order valence-corrected chi connectivity index (χ4v) is 2.94. The van der Waals surface area contributed by atoms with E-state index < -0.39 is 10.1 Å². The molecule has 0 aromatic heterocycles. The molecule has 0 N–H and O–H groups in total. The Bertz CT molecular complexity index is 816. The van der Waals surface area contributed by atoms with E-state index in [1.807, 2.05) is 32.9 Å². The van der Waals surface area contributed by atoms with Gasteiger partial charge in [-0.1, -0.05) is 19.9 Å². The highest BCUT2D eigenvalue weighted by molar-refractivity contribution is 7.87. The Balaban J connectivity index is 2.34. The van der Waals surface area contributed by atoms with Crippen LogP contribution in [0.3, 0.4) is 0 Å². The van der Waals surface area contributed by atoms with Gasteiger partial charge in [0, 0.05) is 0 Å². The summed E-state index contributed by atoms with van der Waals surface area (Å²) in [6.07, 6.45) is 0. The molecule has 0 amide bonds. The van der Waals surface area contributed by atoms with E-state index in [0.29, 0.717) is 11.3 Å². The van der Waals surface area contributed by atoms with Crippen molar-refractivity contribution in [3.8, 4) is 11.8 Å². The highest BCUT2D eigenvalue weighted by Crippen LogP contribution is 2.25. The van der Waals surface area contributed by atoms with Crippen LogP contribution in [0, 0.1) is 18.3 Å². The van der Waals surface area contributed by atoms with Gasteiger partial charge in [0.1, 0.15) is 10.6 Å². The third-order valence-electron chi connectivity index (χ3n) is 3.22. The van der Waals surface area contributed by atoms with Crippen molar-refractivity contribution in [3.05, 3.63) is 59.2 Å². The lowest BCUT2D eigenvalue weighted by Gasteiger charge is -2.12. The monoisotopic (exact) mass is 315 g/mol. The second-order valence-corrected chi connectivity index (χ2v) is 6.95. The van der Waals surface area contributed by atoms with Gasteiger partial charge in [-0.05, 0) is 60.4 Å². The number of aryl methyl sites for hydroxylation is 1. The minimum atomic E-state index is -3.91. The zero-order valence-corrected chi connectivity index (χ0v) is 13.5. The van der Waals surface area contributed by atoms with Crippen LogP contribution in [0.4, 0.5) is 0 Å². The van der Waals surface area contributed by atoms with Crippen molar-refractivity contribution in [2.24, 2.45) is 0 Å². The maximum atomic E-state index is 12.3. The number of benzene rings is 2. The molecule has 0 unspecified atom stereocenters. The molecule has 0 aliphatic heterocycles. The van der Waals surface area contributed by atoms with Gasteiger partial charge >= 0.3 is 10.1 Å². The standard InChI is InChI=1S/C17H17NO3S/c1-12(2)15-8-13(3)9-16(10-15)21-22(19,20)17-6-4-14(11-18)5-7-17/h4-10,12H,1-3H3. The molecule has 5 heteroatoms. The predicted molar refractivity (Wildman–Crippen MR) is 84.2 cm³/mol. The molecule has 0 radical (unpaired) electrons. The molecule has 0 fully saturated rings. The van der Waals surface area contributed by atoms with Crippen molar-refractivity contribution in [3.63, 3.8) is 0 Å². The van der Waals surface area contributed by atoms with Crippen molar-refractivity contribution < 1.29 is 12.6 Å². The molecular weight excluding hydrogens is 298 g/mol. The number of hydrogen-bond acceptors (Lipinski definition) is 4. The summed E-state index contributed by atoms with van der Waals surface area (Å²) < 4.78 is 29.8. The van der Waals surface area contributed by atoms with E-state index in [1.165, 1.54) is 24.3 Å². The Morgan fingerprint density at radius 1 is 1.09 bits per heavy atom. The summed E-state index contributed by atoms with van der Waals surface area (Å²) in [7, 11) is -3.91. The molecule has 0 spiro atoms. The zero-order chi connectivity index (χ0) is 16.3. The Morgan fingerprint density at radius 2 is 1.73 bits per heavy atom. The fourth-order valence-electron chi connectivity index (χ4n) is 2.03. The molecule has 4 nitrogen and oxygen atoms in total. The first kappa shape index (κ1) is 16.1. The van der Waals surface area contributed by atoms with Crippen molar-refractivity contribution in [1.82, 2.24) is 0 Å². The summed E-state index contributed by atoms with van der Waals surface area (Å²) >= 11 is 0. The van der Waals surface area contributed by atoms with E-state index in [2.05, 4.69) is 0 Å². The van der Waals surface area contributed by atoms with Crippen molar-refractivity contribution in [2.45, 2.75) is 31.6 Å². The van der Waals surface area contributed by atoms with Crippen LogP contribution in [0.5, 0.6) is 5.75 Å². The fraction of sp³-hybridized carbons (Fsp3) is 0.235. The summed E-state index contributed by atoms with van der Waals surface area (Å²) in [5.74, 6) is 0.577. The van der Waals surface area contributed by atoms with Gasteiger partial charge < -0.3 is 4.18 Å². The van der Waals surface area contributed by atoms with Crippen LogP contribution >= 0.6 is 0 Å². The Kier molecular flexibility index (Phi) is 4.53. The summed E-state index contributed by atoms with van der Waals surface area (Å²) in [4.78, 5) is 0.0269. The smallest absolute Gasteiger partial charge is 0.339 e. The molecule has 2 aromatic carbocycles. The van der Waals surface area contributed by atoms with Crippen LogP contribution in [0.1, 0.15) is 36.5 Å². The average molecular weight is 315 g/mol. The number of nitrogens with zero attached hydrogens (tertiary/aromatic N) is 1. The van der Waals surface area contributed by atoms with Crippen LogP contribution in [0.25, 0.3) is 0 Å². The molecule has 0 aliphatic carbocycles. The normalized spacial score (nSPS) is 11.2.